The summed E-state index contributed by atoms with van der Waals surface area (Å²) in [6.07, 6.45) is 3.93. The molecule has 5 nitrogen and oxygen atoms in total. The third-order valence-electron chi connectivity index (χ3n) is 3.23. The van der Waals surface area contributed by atoms with Crippen LogP contribution in [-0.2, 0) is 11.3 Å². The summed E-state index contributed by atoms with van der Waals surface area (Å²) in [4.78, 5) is 19.9. The molecule has 18 heavy (non-hydrogen) atoms. The largest absolute Gasteiger partial charge is 0.383 e. The van der Waals surface area contributed by atoms with Crippen LogP contribution in [0, 0.1) is 0 Å². The first-order valence-corrected chi connectivity index (χ1v) is 6.32. The van der Waals surface area contributed by atoms with Gasteiger partial charge in [-0.15, -0.1) is 0 Å². The molecular formula is C13H20N4O. The molecule has 1 aliphatic rings. The maximum Gasteiger partial charge on any atom is 0.236 e. The van der Waals surface area contributed by atoms with E-state index in [1.54, 1.807) is 6.20 Å². The van der Waals surface area contributed by atoms with Crippen LogP contribution in [0.3, 0.4) is 0 Å². The maximum atomic E-state index is 12.0. The Labute approximate surface area is 108 Å². The van der Waals surface area contributed by atoms with E-state index < -0.39 is 0 Å². The topological polar surface area (TPSA) is 62.5 Å². The Balaban J connectivity index is 1.86. The highest BCUT2D eigenvalue weighted by Crippen LogP contribution is 2.11. The lowest BCUT2D eigenvalue weighted by molar-refractivity contribution is -0.131. The summed E-state index contributed by atoms with van der Waals surface area (Å²) in [6, 6.07) is 3.81. The molecule has 0 saturated carbocycles. The van der Waals surface area contributed by atoms with Crippen LogP contribution in [0.15, 0.2) is 18.3 Å². The summed E-state index contributed by atoms with van der Waals surface area (Å²) in [5.41, 5.74) is 6.76. The molecule has 1 aliphatic heterocycles. The van der Waals surface area contributed by atoms with E-state index in [0.29, 0.717) is 18.9 Å². The first-order chi connectivity index (χ1) is 8.66. The number of carbonyl (C=O) groups is 1. The SMILES string of the molecule is CN(CC(=O)N1CCCC1)Cc1cccnc1N. The summed E-state index contributed by atoms with van der Waals surface area (Å²) in [7, 11) is 1.93. The first-order valence-electron chi connectivity index (χ1n) is 6.32. The summed E-state index contributed by atoms with van der Waals surface area (Å²) in [6.45, 7) is 2.90. The second kappa shape index (κ2) is 5.82. The molecule has 0 aromatic carbocycles. The minimum atomic E-state index is 0.206. The van der Waals surface area contributed by atoms with E-state index in [-0.39, 0.29) is 5.91 Å². The zero-order valence-electron chi connectivity index (χ0n) is 10.8. The molecule has 0 aliphatic carbocycles. The van der Waals surface area contributed by atoms with Crippen molar-refractivity contribution in [3.63, 3.8) is 0 Å². The zero-order chi connectivity index (χ0) is 13.0. The molecular weight excluding hydrogens is 228 g/mol. The van der Waals surface area contributed by atoms with Gasteiger partial charge in [0, 0.05) is 31.4 Å². The predicted molar refractivity (Wildman–Crippen MR) is 70.8 cm³/mol. The van der Waals surface area contributed by atoms with Gasteiger partial charge in [-0.1, -0.05) is 6.07 Å². The van der Waals surface area contributed by atoms with Gasteiger partial charge in [-0.25, -0.2) is 4.98 Å². The van der Waals surface area contributed by atoms with Gasteiger partial charge in [-0.05, 0) is 26.0 Å². The molecule has 1 fully saturated rings. The Morgan fingerprint density at radius 1 is 1.50 bits per heavy atom. The number of nitrogens with two attached hydrogens (primary N) is 1. The van der Waals surface area contributed by atoms with Gasteiger partial charge in [-0.3, -0.25) is 9.69 Å². The van der Waals surface area contributed by atoms with Crippen molar-refractivity contribution in [3.8, 4) is 0 Å². The van der Waals surface area contributed by atoms with Crippen LogP contribution in [-0.4, -0.2) is 47.4 Å². The van der Waals surface area contributed by atoms with Crippen molar-refractivity contribution in [3.05, 3.63) is 23.9 Å². The number of nitrogens with zero attached hydrogens (tertiary/aromatic N) is 3. The molecule has 0 atom stereocenters. The minimum Gasteiger partial charge on any atom is -0.383 e. The fraction of sp³-hybridized carbons (Fsp3) is 0.538. The van der Waals surface area contributed by atoms with Gasteiger partial charge < -0.3 is 10.6 Å². The van der Waals surface area contributed by atoms with Crippen LogP contribution >= 0.6 is 0 Å². The molecule has 0 spiro atoms. The number of aromatic nitrogens is 1. The minimum absolute atomic E-state index is 0.206. The number of anilines is 1. The predicted octanol–water partition coefficient (Wildman–Crippen LogP) is 0.718. The van der Waals surface area contributed by atoms with E-state index in [2.05, 4.69) is 4.98 Å². The lowest BCUT2D eigenvalue weighted by Crippen LogP contribution is -2.37. The van der Waals surface area contributed by atoms with Crippen molar-refractivity contribution in [1.29, 1.82) is 0 Å². The monoisotopic (exact) mass is 248 g/mol. The maximum absolute atomic E-state index is 12.0. The Morgan fingerprint density at radius 3 is 2.89 bits per heavy atom. The van der Waals surface area contributed by atoms with E-state index in [1.165, 1.54) is 0 Å². The first kappa shape index (κ1) is 12.8. The second-order valence-corrected chi connectivity index (χ2v) is 4.81. The van der Waals surface area contributed by atoms with Crippen LogP contribution in [0.5, 0.6) is 0 Å². The molecule has 0 unspecified atom stereocenters. The number of likely N-dealkylation sites (tertiary alicyclic amines) is 1. The molecule has 2 N–H and O–H groups in total. The molecule has 1 saturated heterocycles. The van der Waals surface area contributed by atoms with Crippen molar-refractivity contribution in [2.75, 3.05) is 32.4 Å². The third-order valence-corrected chi connectivity index (χ3v) is 3.23. The average Bonchev–Trinajstić information content (AvgIpc) is 2.85. The van der Waals surface area contributed by atoms with E-state index in [4.69, 9.17) is 5.73 Å². The third kappa shape index (κ3) is 3.20. The fourth-order valence-corrected chi connectivity index (χ4v) is 2.23. The highest BCUT2D eigenvalue weighted by atomic mass is 16.2. The van der Waals surface area contributed by atoms with Crippen molar-refractivity contribution in [2.24, 2.45) is 0 Å². The second-order valence-electron chi connectivity index (χ2n) is 4.81. The molecule has 1 amide bonds. The molecule has 2 heterocycles. The molecule has 98 valence electrons. The van der Waals surface area contributed by atoms with Crippen LogP contribution < -0.4 is 5.73 Å². The van der Waals surface area contributed by atoms with E-state index >= 15 is 0 Å². The van der Waals surface area contributed by atoms with Crippen LogP contribution in [0.25, 0.3) is 0 Å². The zero-order valence-corrected chi connectivity index (χ0v) is 10.8. The van der Waals surface area contributed by atoms with Crippen LogP contribution in [0.2, 0.25) is 0 Å². The number of rotatable bonds is 4. The highest BCUT2D eigenvalue weighted by molar-refractivity contribution is 5.78. The number of likely N-dealkylation sites (N-methyl/N-ethyl adjacent to an activating group) is 1. The molecule has 1 aromatic rings. The van der Waals surface area contributed by atoms with E-state index in [1.807, 2.05) is 29.0 Å². The number of hydrogen-bond acceptors (Lipinski definition) is 4. The van der Waals surface area contributed by atoms with Gasteiger partial charge in [0.25, 0.3) is 0 Å². The fourth-order valence-electron chi connectivity index (χ4n) is 2.23. The van der Waals surface area contributed by atoms with Crippen molar-refractivity contribution >= 4 is 11.7 Å². The normalized spacial score (nSPS) is 15.3. The number of nitrogen functional groups attached to an aromatic ring is 1. The smallest absolute Gasteiger partial charge is 0.236 e. The van der Waals surface area contributed by atoms with E-state index in [9.17, 15) is 4.79 Å². The Morgan fingerprint density at radius 2 is 2.22 bits per heavy atom. The molecule has 1 aromatic heterocycles. The molecule has 2 rings (SSSR count). The summed E-state index contributed by atoms with van der Waals surface area (Å²) in [5, 5.41) is 0. The number of hydrogen-bond donors (Lipinski definition) is 1. The van der Waals surface area contributed by atoms with Crippen LogP contribution in [0.4, 0.5) is 5.82 Å². The van der Waals surface area contributed by atoms with Gasteiger partial charge in [0.1, 0.15) is 5.82 Å². The van der Waals surface area contributed by atoms with Gasteiger partial charge in [0.2, 0.25) is 5.91 Å². The Hall–Kier alpha value is -1.62. The summed E-state index contributed by atoms with van der Waals surface area (Å²) >= 11 is 0. The van der Waals surface area contributed by atoms with Crippen molar-refractivity contribution in [1.82, 2.24) is 14.8 Å². The van der Waals surface area contributed by atoms with E-state index in [0.717, 1.165) is 31.5 Å². The lowest BCUT2D eigenvalue weighted by atomic mass is 10.2. The van der Waals surface area contributed by atoms with Crippen molar-refractivity contribution < 1.29 is 4.79 Å². The lowest BCUT2D eigenvalue weighted by Gasteiger charge is -2.21. The van der Waals surface area contributed by atoms with Gasteiger partial charge in [-0.2, -0.15) is 0 Å². The standard InChI is InChI=1S/C13H20N4O/c1-16(9-11-5-4-6-15-13(11)14)10-12(18)17-7-2-3-8-17/h4-6H,2-3,7-10H2,1H3,(H2,14,15). The Bertz CT molecular complexity index is 415. The number of carbonyl (C=O) groups excluding carboxylic acids is 1. The van der Waals surface area contributed by atoms with Gasteiger partial charge >= 0.3 is 0 Å². The number of pyridine rings is 1. The van der Waals surface area contributed by atoms with Gasteiger partial charge in [0.15, 0.2) is 0 Å². The highest BCUT2D eigenvalue weighted by Gasteiger charge is 2.19. The quantitative estimate of drug-likeness (QED) is 0.852. The molecule has 5 heteroatoms. The Kier molecular flexibility index (Phi) is 4.15. The number of amides is 1. The molecule has 0 radical (unpaired) electrons. The van der Waals surface area contributed by atoms with Gasteiger partial charge in [0.05, 0.1) is 6.54 Å². The summed E-state index contributed by atoms with van der Waals surface area (Å²) < 4.78 is 0. The average molecular weight is 248 g/mol. The van der Waals surface area contributed by atoms with Crippen molar-refractivity contribution in [2.45, 2.75) is 19.4 Å². The summed E-state index contributed by atoms with van der Waals surface area (Å²) in [5.74, 6) is 0.746. The molecule has 0 bridgehead atoms. The van der Waals surface area contributed by atoms with Crippen LogP contribution in [0.1, 0.15) is 18.4 Å².